The van der Waals surface area contributed by atoms with Crippen LogP contribution in [0.2, 0.25) is 0 Å². The highest BCUT2D eigenvalue weighted by Crippen LogP contribution is 2.55. The molecule has 0 bridgehead atoms. The molecule has 2 nitrogen and oxygen atoms in total. The van der Waals surface area contributed by atoms with Crippen LogP contribution in [-0.2, 0) is 10.5 Å². The first-order valence-corrected chi connectivity index (χ1v) is 5.75. The molecule has 2 fully saturated rings. The molecule has 2 saturated carbocycles. The molecule has 2 aliphatic rings. The van der Waals surface area contributed by atoms with E-state index in [0.717, 1.165) is 12.8 Å². The molecule has 1 aromatic rings. The molecule has 1 amide bonds. The molecule has 3 heteroatoms. The summed E-state index contributed by atoms with van der Waals surface area (Å²) in [6, 6.07) is 9.30. The summed E-state index contributed by atoms with van der Waals surface area (Å²) in [6.45, 7) is 0. The van der Waals surface area contributed by atoms with Crippen molar-refractivity contribution in [2.75, 3.05) is 0 Å². The van der Waals surface area contributed by atoms with Crippen molar-refractivity contribution in [3.63, 3.8) is 0 Å². The molecule has 16 heavy (non-hydrogen) atoms. The minimum atomic E-state index is -1.42. The number of rotatable bonds is 3. The second-order valence-electron chi connectivity index (χ2n) is 4.77. The van der Waals surface area contributed by atoms with E-state index in [1.807, 2.05) is 18.2 Å². The average Bonchev–Trinajstić information content (AvgIpc) is 3.18. The molecular formula is C13H14FNO. The highest BCUT2D eigenvalue weighted by atomic mass is 19.1. The van der Waals surface area contributed by atoms with E-state index in [1.54, 1.807) is 12.1 Å². The Morgan fingerprint density at radius 1 is 1.31 bits per heavy atom. The van der Waals surface area contributed by atoms with Crippen LogP contribution < -0.4 is 5.32 Å². The van der Waals surface area contributed by atoms with Crippen LogP contribution in [0.25, 0.3) is 0 Å². The Hall–Kier alpha value is -1.38. The van der Waals surface area contributed by atoms with Crippen molar-refractivity contribution in [3.05, 3.63) is 35.9 Å². The lowest BCUT2D eigenvalue weighted by Crippen LogP contribution is -2.29. The van der Waals surface area contributed by atoms with Crippen LogP contribution in [-0.4, -0.2) is 11.9 Å². The van der Waals surface area contributed by atoms with Crippen molar-refractivity contribution in [2.45, 2.75) is 31.0 Å². The molecule has 1 N–H and O–H groups in total. The van der Waals surface area contributed by atoms with E-state index in [4.69, 9.17) is 0 Å². The number of carbonyl (C=O) groups is 1. The van der Waals surface area contributed by atoms with Gasteiger partial charge in [0.15, 0.2) is 0 Å². The van der Waals surface area contributed by atoms with Gasteiger partial charge in [0.05, 0.1) is 5.92 Å². The van der Waals surface area contributed by atoms with E-state index in [1.165, 1.54) is 0 Å². The summed E-state index contributed by atoms with van der Waals surface area (Å²) in [6.07, 6.45) is 2.42. The number of hydrogen-bond donors (Lipinski definition) is 1. The maximum absolute atomic E-state index is 14.4. The molecule has 0 spiro atoms. The Balaban J connectivity index is 1.71. The minimum absolute atomic E-state index is 0.117. The van der Waals surface area contributed by atoms with Crippen molar-refractivity contribution in [3.8, 4) is 0 Å². The van der Waals surface area contributed by atoms with Crippen molar-refractivity contribution in [1.29, 1.82) is 0 Å². The van der Waals surface area contributed by atoms with Crippen LogP contribution in [0.1, 0.15) is 24.8 Å². The van der Waals surface area contributed by atoms with Crippen LogP contribution in [0, 0.1) is 5.92 Å². The van der Waals surface area contributed by atoms with Crippen molar-refractivity contribution >= 4 is 5.91 Å². The minimum Gasteiger partial charge on any atom is -0.353 e. The number of nitrogens with one attached hydrogen (secondary N) is 1. The van der Waals surface area contributed by atoms with E-state index in [2.05, 4.69) is 5.32 Å². The molecule has 0 radical (unpaired) electrons. The fraction of sp³-hybridized carbons (Fsp3) is 0.462. The molecule has 2 unspecified atom stereocenters. The Bertz CT molecular complexity index is 415. The van der Waals surface area contributed by atoms with Crippen LogP contribution in [0.4, 0.5) is 4.39 Å². The molecule has 84 valence electrons. The highest BCUT2D eigenvalue weighted by molar-refractivity contribution is 5.84. The lowest BCUT2D eigenvalue weighted by atomic mass is 10.1. The topological polar surface area (TPSA) is 29.1 Å². The zero-order chi connectivity index (χ0) is 11.2. The second kappa shape index (κ2) is 3.30. The lowest BCUT2D eigenvalue weighted by molar-refractivity contribution is -0.123. The molecule has 0 heterocycles. The van der Waals surface area contributed by atoms with E-state index >= 15 is 0 Å². The third-order valence-electron chi connectivity index (χ3n) is 3.39. The van der Waals surface area contributed by atoms with Gasteiger partial charge in [-0.25, -0.2) is 4.39 Å². The number of benzene rings is 1. The van der Waals surface area contributed by atoms with Gasteiger partial charge in [0.2, 0.25) is 5.91 Å². The Labute approximate surface area is 93.9 Å². The van der Waals surface area contributed by atoms with Gasteiger partial charge in [0.1, 0.15) is 5.67 Å². The first-order chi connectivity index (χ1) is 7.70. The largest absolute Gasteiger partial charge is 0.353 e. The van der Waals surface area contributed by atoms with Gasteiger partial charge in [-0.1, -0.05) is 30.3 Å². The second-order valence-corrected chi connectivity index (χ2v) is 4.77. The Kier molecular flexibility index (Phi) is 2.03. The van der Waals surface area contributed by atoms with Crippen LogP contribution in [0.3, 0.4) is 0 Å². The Morgan fingerprint density at radius 2 is 2.00 bits per heavy atom. The monoisotopic (exact) mass is 219 g/mol. The quantitative estimate of drug-likeness (QED) is 0.829. The lowest BCUT2D eigenvalue weighted by Gasteiger charge is -2.08. The van der Waals surface area contributed by atoms with E-state index in [0.29, 0.717) is 18.0 Å². The van der Waals surface area contributed by atoms with Gasteiger partial charge < -0.3 is 5.32 Å². The van der Waals surface area contributed by atoms with Gasteiger partial charge in [-0.2, -0.15) is 0 Å². The van der Waals surface area contributed by atoms with Crippen LogP contribution >= 0.6 is 0 Å². The van der Waals surface area contributed by atoms with Crippen molar-refractivity contribution in [2.24, 2.45) is 5.92 Å². The molecule has 1 aromatic carbocycles. The third-order valence-corrected chi connectivity index (χ3v) is 3.39. The highest BCUT2D eigenvalue weighted by Gasteiger charge is 2.61. The normalized spacial score (nSPS) is 32.2. The summed E-state index contributed by atoms with van der Waals surface area (Å²) in [7, 11) is 0. The Morgan fingerprint density at radius 3 is 2.62 bits per heavy atom. The predicted octanol–water partition coefficient (Wildman–Crippen LogP) is 2.15. The smallest absolute Gasteiger partial charge is 0.227 e. The summed E-state index contributed by atoms with van der Waals surface area (Å²) in [4.78, 5) is 11.7. The van der Waals surface area contributed by atoms with E-state index in [9.17, 15) is 9.18 Å². The third kappa shape index (κ3) is 1.60. The van der Waals surface area contributed by atoms with Gasteiger partial charge in [0, 0.05) is 12.5 Å². The maximum atomic E-state index is 14.4. The number of amides is 1. The van der Waals surface area contributed by atoms with Gasteiger partial charge in [-0.05, 0) is 18.4 Å². The number of carbonyl (C=O) groups excluding carboxylic acids is 1. The predicted molar refractivity (Wildman–Crippen MR) is 58.5 cm³/mol. The summed E-state index contributed by atoms with van der Waals surface area (Å²) in [5.74, 6) is -0.593. The molecule has 3 rings (SSSR count). The first-order valence-electron chi connectivity index (χ1n) is 5.75. The molecule has 0 saturated heterocycles. The van der Waals surface area contributed by atoms with Crippen molar-refractivity contribution < 1.29 is 9.18 Å². The summed E-state index contributed by atoms with van der Waals surface area (Å²) < 4.78 is 14.4. The fourth-order valence-corrected chi connectivity index (χ4v) is 2.10. The first kappa shape index (κ1) is 9.82. The summed E-state index contributed by atoms with van der Waals surface area (Å²) >= 11 is 0. The zero-order valence-electron chi connectivity index (χ0n) is 8.95. The zero-order valence-corrected chi connectivity index (χ0v) is 8.95. The van der Waals surface area contributed by atoms with Crippen molar-refractivity contribution in [1.82, 2.24) is 5.32 Å². The van der Waals surface area contributed by atoms with Gasteiger partial charge in [-0.15, -0.1) is 0 Å². The van der Waals surface area contributed by atoms with E-state index in [-0.39, 0.29) is 5.91 Å². The van der Waals surface area contributed by atoms with Gasteiger partial charge in [0.25, 0.3) is 0 Å². The SMILES string of the molecule is O=C(NC1CC1)C1CC1(F)c1ccccc1. The number of halogens is 1. The average molecular weight is 219 g/mol. The number of hydrogen-bond acceptors (Lipinski definition) is 1. The van der Waals surface area contributed by atoms with E-state index < -0.39 is 11.6 Å². The fourth-order valence-electron chi connectivity index (χ4n) is 2.10. The number of alkyl halides is 1. The summed E-state index contributed by atoms with van der Waals surface area (Å²) in [5, 5.41) is 2.86. The van der Waals surface area contributed by atoms with Gasteiger partial charge >= 0.3 is 0 Å². The van der Waals surface area contributed by atoms with Crippen LogP contribution in [0.5, 0.6) is 0 Å². The molecule has 0 aliphatic heterocycles. The maximum Gasteiger partial charge on any atom is 0.227 e. The standard InChI is InChI=1S/C13H14FNO/c14-13(9-4-2-1-3-5-9)8-11(13)12(16)15-10-6-7-10/h1-5,10-11H,6-8H2,(H,15,16). The molecule has 2 aliphatic carbocycles. The van der Waals surface area contributed by atoms with Crippen LogP contribution in [0.15, 0.2) is 30.3 Å². The molecule has 2 atom stereocenters. The molecule has 0 aromatic heterocycles. The summed E-state index contributed by atoms with van der Waals surface area (Å²) in [5.41, 5.74) is -0.786. The van der Waals surface area contributed by atoms with Gasteiger partial charge in [-0.3, -0.25) is 4.79 Å². The molecular weight excluding hydrogens is 205 g/mol.